The Hall–Kier alpha value is -2.72. The molecule has 0 aromatic heterocycles. The minimum atomic E-state index is -0.788. The summed E-state index contributed by atoms with van der Waals surface area (Å²) >= 11 is 0. The largest absolute Gasteiger partial charge is 0.444 e. The van der Waals surface area contributed by atoms with Crippen LogP contribution >= 0.6 is 0 Å². The number of hydrogen-bond acceptors (Lipinski definition) is 6. The fourth-order valence-corrected chi connectivity index (χ4v) is 6.25. The van der Waals surface area contributed by atoms with Crippen LogP contribution in [0.1, 0.15) is 68.2 Å². The Morgan fingerprint density at radius 3 is 2.13 bits per heavy atom. The first-order valence-corrected chi connectivity index (χ1v) is 13.9. The maximum Gasteiger partial charge on any atom is 0.410 e. The van der Waals surface area contributed by atoms with Crippen LogP contribution in [0.3, 0.4) is 0 Å². The molecule has 2 saturated heterocycles. The maximum absolute atomic E-state index is 12.5. The molecule has 1 unspecified atom stereocenters. The van der Waals surface area contributed by atoms with Crippen LogP contribution < -0.4 is 5.73 Å². The van der Waals surface area contributed by atoms with E-state index in [1.54, 1.807) is 6.08 Å². The van der Waals surface area contributed by atoms with Crippen LogP contribution in [0, 0.1) is 27.6 Å². The van der Waals surface area contributed by atoms with Gasteiger partial charge in [0.25, 0.3) is 0 Å². The lowest BCUT2D eigenvalue weighted by Gasteiger charge is -2.46. The van der Waals surface area contributed by atoms with Crippen molar-refractivity contribution >= 4 is 6.09 Å². The quantitative estimate of drug-likeness (QED) is 0.467. The van der Waals surface area contributed by atoms with Gasteiger partial charge in [0.1, 0.15) is 5.60 Å². The van der Waals surface area contributed by atoms with Gasteiger partial charge in [0.15, 0.2) is 0 Å². The highest BCUT2D eigenvalue weighted by Gasteiger charge is 2.55. The van der Waals surface area contributed by atoms with Gasteiger partial charge < -0.3 is 20.3 Å². The smallest absolute Gasteiger partial charge is 0.410 e. The standard InChI is InChI=1S/C31H49N5O2/c1-11-30(9,21-32)31(10)22(2)25(20-26(31)29(7,8)23(3)33)35-14-12-24(13-15-35)34-16-18-36(19-17-34)27(37)38-28(4,5)6/h11,20,24H,1,3,12-19,33H2,2,4-10H3/t30?,31-/m1/s1. The fourth-order valence-electron chi connectivity index (χ4n) is 6.25. The zero-order chi connectivity index (χ0) is 28.7. The Morgan fingerprint density at radius 2 is 1.68 bits per heavy atom. The summed E-state index contributed by atoms with van der Waals surface area (Å²) in [6.45, 7) is 29.4. The molecule has 0 radical (unpaired) electrons. The highest BCUT2D eigenvalue weighted by molar-refractivity contribution is 5.68. The summed E-state index contributed by atoms with van der Waals surface area (Å²) in [4.78, 5) is 19.3. The molecule has 2 N–H and O–H groups in total. The number of hydrogen-bond donors (Lipinski definition) is 1. The molecule has 2 atom stereocenters. The number of nitrogens with zero attached hydrogens (tertiary/aromatic N) is 4. The third-order valence-corrected chi connectivity index (χ3v) is 9.40. The van der Waals surface area contributed by atoms with Crippen LogP contribution in [0.25, 0.3) is 0 Å². The van der Waals surface area contributed by atoms with Crippen molar-refractivity contribution in [1.29, 1.82) is 5.26 Å². The Kier molecular flexibility index (Phi) is 8.20. The van der Waals surface area contributed by atoms with Gasteiger partial charge >= 0.3 is 6.09 Å². The van der Waals surface area contributed by atoms with Gasteiger partial charge in [0.2, 0.25) is 0 Å². The summed E-state index contributed by atoms with van der Waals surface area (Å²) in [5, 5.41) is 10.3. The van der Waals surface area contributed by atoms with Crippen molar-refractivity contribution in [3.63, 3.8) is 0 Å². The molecule has 0 saturated carbocycles. The normalized spacial score (nSPS) is 25.5. The minimum absolute atomic E-state index is 0.215. The van der Waals surface area contributed by atoms with Crippen LogP contribution in [0.2, 0.25) is 0 Å². The molecule has 3 rings (SSSR count). The number of likely N-dealkylation sites (tertiary alicyclic amines) is 1. The molecule has 1 aliphatic carbocycles. The van der Waals surface area contributed by atoms with E-state index in [1.807, 2.05) is 32.6 Å². The molecule has 38 heavy (non-hydrogen) atoms. The second kappa shape index (κ2) is 10.4. The Balaban J connectivity index is 1.74. The molecule has 7 heteroatoms. The maximum atomic E-state index is 12.5. The van der Waals surface area contributed by atoms with Crippen molar-refractivity contribution in [3.05, 3.63) is 47.9 Å². The van der Waals surface area contributed by atoms with Crippen LogP contribution in [0.5, 0.6) is 0 Å². The Bertz CT molecular complexity index is 1060. The molecule has 210 valence electrons. The number of amides is 1. The predicted molar refractivity (Wildman–Crippen MR) is 154 cm³/mol. The van der Waals surface area contributed by atoms with Crippen LogP contribution in [0.4, 0.5) is 4.79 Å². The number of rotatable bonds is 6. The summed E-state index contributed by atoms with van der Waals surface area (Å²) < 4.78 is 5.55. The molecular formula is C31H49N5O2. The van der Waals surface area contributed by atoms with Crippen molar-refractivity contribution in [2.75, 3.05) is 39.3 Å². The first-order valence-electron chi connectivity index (χ1n) is 13.9. The third-order valence-electron chi connectivity index (χ3n) is 9.40. The summed E-state index contributed by atoms with van der Waals surface area (Å²) in [6.07, 6.45) is 5.96. The lowest BCUT2D eigenvalue weighted by atomic mass is 9.55. The number of carbonyl (C=O) groups is 1. The molecule has 0 aromatic rings. The van der Waals surface area contributed by atoms with E-state index >= 15 is 0 Å². The van der Waals surface area contributed by atoms with Crippen molar-refractivity contribution in [2.45, 2.75) is 79.9 Å². The number of allylic oxidation sites excluding steroid dienone is 4. The second-order valence-electron chi connectivity index (χ2n) is 13.1. The summed E-state index contributed by atoms with van der Waals surface area (Å²) in [5.74, 6) is 0. The van der Waals surface area contributed by atoms with E-state index in [-0.39, 0.29) is 6.09 Å². The summed E-state index contributed by atoms with van der Waals surface area (Å²) in [7, 11) is 0. The van der Waals surface area contributed by atoms with E-state index in [0.29, 0.717) is 24.8 Å². The lowest BCUT2D eigenvalue weighted by molar-refractivity contribution is 0.00672. The highest BCUT2D eigenvalue weighted by Crippen LogP contribution is 2.61. The zero-order valence-corrected chi connectivity index (χ0v) is 25.0. The number of piperidine rings is 1. The van der Waals surface area contributed by atoms with E-state index in [2.05, 4.69) is 62.8 Å². The molecule has 2 fully saturated rings. The van der Waals surface area contributed by atoms with Gasteiger partial charge in [-0.15, -0.1) is 6.58 Å². The van der Waals surface area contributed by atoms with Gasteiger partial charge in [0, 0.05) is 67.5 Å². The molecule has 0 spiro atoms. The van der Waals surface area contributed by atoms with E-state index in [0.717, 1.165) is 44.6 Å². The van der Waals surface area contributed by atoms with Crippen molar-refractivity contribution in [2.24, 2.45) is 22.0 Å². The molecule has 1 amide bonds. The van der Waals surface area contributed by atoms with E-state index < -0.39 is 21.8 Å². The first kappa shape index (κ1) is 29.8. The van der Waals surface area contributed by atoms with Gasteiger partial charge in [-0.3, -0.25) is 4.90 Å². The average molecular weight is 524 g/mol. The van der Waals surface area contributed by atoms with Gasteiger partial charge in [-0.05, 0) is 64.7 Å². The van der Waals surface area contributed by atoms with Crippen LogP contribution in [-0.4, -0.2) is 71.7 Å². The first-order chi connectivity index (χ1) is 17.5. The van der Waals surface area contributed by atoms with E-state index in [9.17, 15) is 10.1 Å². The minimum Gasteiger partial charge on any atom is -0.444 e. The summed E-state index contributed by atoms with van der Waals surface area (Å²) in [5.41, 5.74) is 8.15. The number of piperazine rings is 1. The molecule has 7 nitrogen and oxygen atoms in total. The number of carbonyl (C=O) groups excluding carboxylic acids is 1. The average Bonchev–Trinajstić information content (AvgIpc) is 3.15. The third kappa shape index (κ3) is 5.25. The molecule has 0 aromatic carbocycles. The molecule has 2 heterocycles. The van der Waals surface area contributed by atoms with Gasteiger partial charge in [-0.25, -0.2) is 4.79 Å². The lowest BCUT2D eigenvalue weighted by Crippen LogP contribution is -2.54. The van der Waals surface area contributed by atoms with Gasteiger partial charge in [0.05, 0.1) is 11.5 Å². The second-order valence-corrected chi connectivity index (χ2v) is 13.1. The Morgan fingerprint density at radius 1 is 1.13 bits per heavy atom. The van der Waals surface area contributed by atoms with Crippen molar-refractivity contribution in [1.82, 2.24) is 14.7 Å². The molecule has 0 bridgehead atoms. The number of nitrogens with two attached hydrogens (primary N) is 1. The summed E-state index contributed by atoms with van der Waals surface area (Å²) in [6, 6.07) is 3.06. The van der Waals surface area contributed by atoms with Crippen LogP contribution in [0.15, 0.2) is 47.9 Å². The Labute approximate surface area is 230 Å². The van der Waals surface area contributed by atoms with E-state index in [1.165, 1.54) is 11.3 Å². The predicted octanol–water partition coefficient (Wildman–Crippen LogP) is 5.44. The number of nitriles is 1. The zero-order valence-electron chi connectivity index (χ0n) is 25.0. The van der Waals surface area contributed by atoms with Gasteiger partial charge in [-0.1, -0.05) is 33.4 Å². The highest BCUT2D eigenvalue weighted by atomic mass is 16.6. The SMILES string of the molecule is C=CC(C)(C#N)[C@@]1(C)C(C(C)(C)C(=C)N)=CC(N2CCC(N3CCN(C(=O)OC(C)(C)C)CC3)CC2)=C1C. The van der Waals surface area contributed by atoms with Crippen LogP contribution in [-0.2, 0) is 4.74 Å². The molecular weight excluding hydrogens is 474 g/mol. The molecule has 2 aliphatic heterocycles. The van der Waals surface area contributed by atoms with E-state index in [4.69, 9.17) is 10.5 Å². The molecule has 3 aliphatic rings. The van der Waals surface area contributed by atoms with Crippen molar-refractivity contribution < 1.29 is 9.53 Å². The topological polar surface area (TPSA) is 85.8 Å². The monoisotopic (exact) mass is 523 g/mol. The number of ether oxygens (including phenoxy) is 1. The van der Waals surface area contributed by atoms with Crippen molar-refractivity contribution in [3.8, 4) is 6.07 Å². The van der Waals surface area contributed by atoms with Gasteiger partial charge in [-0.2, -0.15) is 5.26 Å². The fraction of sp³-hybridized carbons (Fsp3) is 0.677.